The van der Waals surface area contributed by atoms with Crippen LogP contribution in [0.2, 0.25) is 0 Å². The summed E-state index contributed by atoms with van der Waals surface area (Å²) in [5.74, 6) is -0.591. The van der Waals surface area contributed by atoms with Gasteiger partial charge in [0.15, 0.2) is 10.8 Å². The number of nitrogens with two attached hydrogens (primary N) is 1. The summed E-state index contributed by atoms with van der Waals surface area (Å²) < 4.78 is 2.85. The van der Waals surface area contributed by atoms with Crippen molar-refractivity contribution >= 4 is 40.1 Å². The van der Waals surface area contributed by atoms with Gasteiger partial charge in [0, 0.05) is 12.6 Å². The van der Waals surface area contributed by atoms with Gasteiger partial charge in [-0.3, -0.25) is 28.5 Å². The Morgan fingerprint density at radius 1 is 1.08 bits per heavy atom. The van der Waals surface area contributed by atoms with Gasteiger partial charge in [-0.2, -0.15) is 0 Å². The minimum absolute atomic E-state index is 0.0839. The molecule has 0 bridgehead atoms. The third-order valence-electron chi connectivity index (χ3n) is 6.42. The fourth-order valence-electron chi connectivity index (χ4n) is 4.22. The van der Waals surface area contributed by atoms with E-state index in [1.165, 1.54) is 9.47 Å². The zero-order chi connectivity index (χ0) is 27.4. The molecule has 0 saturated carbocycles. The SMILES string of the molecule is CC[C@@H](C)n1c(SCC(=O)N(CC)c2c(N)n(Cc3ccccc3)c(=O)[nH]c2=O)nc2ccccc2c1=O. The Morgan fingerprint density at radius 3 is 2.45 bits per heavy atom. The molecule has 2 aromatic carbocycles. The lowest BCUT2D eigenvalue weighted by Gasteiger charge is -2.23. The van der Waals surface area contributed by atoms with Gasteiger partial charge in [0.1, 0.15) is 5.82 Å². The lowest BCUT2D eigenvalue weighted by molar-refractivity contribution is -0.116. The number of nitrogens with one attached hydrogen (secondary N) is 1. The Hall–Kier alpha value is -4.12. The number of anilines is 2. The molecule has 3 N–H and O–H groups in total. The molecule has 198 valence electrons. The van der Waals surface area contributed by atoms with E-state index < -0.39 is 17.2 Å². The first-order valence-electron chi connectivity index (χ1n) is 12.4. The molecule has 1 amide bonds. The second-order valence-electron chi connectivity index (χ2n) is 8.84. The normalized spacial score (nSPS) is 12.0. The zero-order valence-corrected chi connectivity index (χ0v) is 22.3. The van der Waals surface area contributed by atoms with E-state index in [-0.39, 0.29) is 41.9 Å². The highest BCUT2D eigenvalue weighted by atomic mass is 32.2. The van der Waals surface area contributed by atoms with Crippen molar-refractivity contribution in [1.29, 1.82) is 0 Å². The van der Waals surface area contributed by atoms with Gasteiger partial charge in [-0.25, -0.2) is 9.78 Å². The van der Waals surface area contributed by atoms with Gasteiger partial charge in [0.25, 0.3) is 11.1 Å². The summed E-state index contributed by atoms with van der Waals surface area (Å²) in [7, 11) is 0. The predicted octanol–water partition coefficient (Wildman–Crippen LogP) is 2.99. The summed E-state index contributed by atoms with van der Waals surface area (Å²) in [6, 6.07) is 16.2. The minimum atomic E-state index is -0.739. The molecule has 0 unspecified atom stereocenters. The average molecular weight is 535 g/mol. The zero-order valence-electron chi connectivity index (χ0n) is 21.5. The number of carbonyl (C=O) groups is 1. The van der Waals surface area contributed by atoms with Gasteiger partial charge >= 0.3 is 5.69 Å². The van der Waals surface area contributed by atoms with Crippen molar-refractivity contribution in [3.63, 3.8) is 0 Å². The highest BCUT2D eigenvalue weighted by Crippen LogP contribution is 2.24. The molecule has 4 aromatic rings. The van der Waals surface area contributed by atoms with Crippen molar-refractivity contribution in [1.82, 2.24) is 19.1 Å². The molecule has 4 rings (SSSR count). The van der Waals surface area contributed by atoms with E-state index in [1.54, 1.807) is 35.8 Å². The predicted molar refractivity (Wildman–Crippen MR) is 151 cm³/mol. The van der Waals surface area contributed by atoms with Crippen LogP contribution >= 0.6 is 11.8 Å². The molecule has 1 atom stereocenters. The quantitative estimate of drug-likeness (QED) is 0.249. The number of hydrogen-bond acceptors (Lipinski definition) is 7. The highest BCUT2D eigenvalue weighted by molar-refractivity contribution is 7.99. The molecule has 0 saturated heterocycles. The number of benzene rings is 2. The first-order valence-corrected chi connectivity index (χ1v) is 13.4. The van der Waals surface area contributed by atoms with Gasteiger partial charge in [0.05, 0.1) is 23.2 Å². The van der Waals surface area contributed by atoms with Crippen molar-refractivity contribution in [3.8, 4) is 0 Å². The Labute approximate surface area is 223 Å². The molecule has 0 fully saturated rings. The lowest BCUT2D eigenvalue weighted by Crippen LogP contribution is -2.42. The van der Waals surface area contributed by atoms with E-state index in [4.69, 9.17) is 5.73 Å². The van der Waals surface area contributed by atoms with Crippen LogP contribution in [0, 0.1) is 0 Å². The van der Waals surface area contributed by atoms with E-state index >= 15 is 0 Å². The number of para-hydroxylation sites is 1. The number of H-pyrrole nitrogens is 1. The van der Waals surface area contributed by atoms with Gasteiger partial charge < -0.3 is 10.6 Å². The summed E-state index contributed by atoms with van der Waals surface area (Å²) in [5.41, 5.74) is 6.02. The van der Waals surface area contributed by atoms with Gasteiger partial charge in [0.2, 0.25) is 5.91 Å². The molecule has 0 aliphatic rings. The van der Waals surface area contributed by atoms with Crippen molar-refractivity contribution in [3.05, 3.63) is 91.4 Å². The number of nitrogen functional groups attached to an aromatic ring is 1. The largest absolute Gasteiger partial charge is 0.383 e. The van der Waals surface area contributed by atoms with Crippen LogP contribution in [-0.4, -0.2) is 37.3 Å². The van der Waals surface area contributed by atoms with Crippen LogP contribution in [0.3, 0.4) is 0 Å². The maximum absolute atomic E-state index is 13.4. The van der Waals surface area contributed by atoms with E-state index in [2.05, 4.69) is 9.97 Å². The number of amides is 1. The maximum Gasteiger partial charge on any atom is 0.330 e. The summed E-state index contributed by atoms with van der Waals surface area (Å²) in [6.45, 7) is 5.91. The monoisotopic (exact) mass is 534 g/mol. The van der Waals surface area contributed by atoms with Gasteiger partial charge in [-0.05, 0) is 38.0 Å². The number of fused-ring (bicyclic) bond motifs is 1. The second kappa shape index (κ2) is 11.5. The smallest absolute Gasteiger partial charge is 0.330 e. The molecular weight excluding hydrogens is 504 g/mol. The third-order valence-corrected chi connectivity index (χ3v) is 7.35. The first kappa shape index (κ1) is 26.9. The van der Waals surface area contributed by atoms with Gasteiger partial charge in [-0.15, -0.1) is 0 Å². The topological polar surface area (TPSA) is 136 Å². The molecule has 11 heteroatoms. The summed E-state index contributed by atoms with van der Waals surface area (Å²) in [5, 5.41) is 0.932. The van der Waals surface area contributed by atoms with Crippen LogP contribution in [0.5, 0.6) is 0 Å². The number of nitrogens with zero attached hydrogens (tertiary/aromatic N) is 4. The summed E-state index contributed by atoms with van der Waals surface area (Å²) in [4.78, 5) is 60.2. The Bertz CT molecular complexity index is 1640. The number of rotatable bonds is 9. The van der Waals surface area contributed by atoms with E-state index in [0.29, 0.717) is 22.5 Å². The highest BCUT2D eigenvalue weighted by Gasteiger charge is 2.24. The van der Waals surface area contributed by atoms with Crippen molar-refractivity contribution in [2.45, 2.75) is 44.9 Å². The van der Waals surface area contributed by atoms with Crippen molar-refractivity contribution in [2.24, 2.45) is 0 Å². The number of carbonyl (C=O) groups excluding carboxylic acids is 1. The Morgan fingerprint density at radius 2 is 1.76 bits per heavy atom. The van der Waals surface area contributed by atoms with Crippen LogP contribution in [0.15, 0.2) is 74.1 Å². The van der Waals surface area contributed by atoms with Crippen LogP contribution in [0.1, 0.15) is 38.8 Å². The fourth-order valence-corrected chi connectivity index (χ4v) is 5.20. The maximum atomic E-state index is 13.4. The Balaban J connectivity index is 1.67. The summed E-state index contributed by atoms with van der Waals surface area (Å²) in [6.07, 6.45) is 0.706. The van der Waals surface area contributed by atoms with E-state index in [1.807, 2.05) is 44.2 Å². The number of aromatic nitrogens is 4. The number of thioether (sulfide) groups is 1. The van der Waals surface area contributed by atoms with Crippen LogP contribution in [-0.2, 0) is 11.3 Å². The Kier molecular flexibility index (Phi) is 8.16. The lowest BCUT2D eigenvalue weighted by atomic mass is 10.2. The van der Waals surface area contributed by atoms with Crippen LogP contribution < -0.4 is 27.4 Å². The molecule has 0 spiro atoms. The standard InChI is InChI=1S/C27H30N6O4S/c1-4-17(3)33-25(36)19-13-9-10-14-20(19)29-27(33)38-16-21(34)31(5-2)22-23(28)32(26(37)30-24(22)35)15-18-11-7-6-8-12-18/h6-14,17H,4-5,15-16,28H2,1-3H3,(H,30,35,37)/t17-/m1/s1. The second-order valence-corrected chi connectivity index (χ2v) is 9.78. The third kappa shape index (κ3) is 5.28. The van der Waals surface area contributed by atoms with Crippen LogP contribution in [0.4, 0.5) is 11.5 Å². The molecule has 0 radical (unpaired) electrons. The number of aromatic amines is 1. The minimum Gasteiger partial charge on any atom is -0.383 e. The van der Waals surface area contributed by atoms with Crippen molar-refractivity contribution in [2.75, 3.05) is 22.9 Å². The van der Waals surface area contributed by atoms with Gasteiger partial charge in [-0.1, -0.05) is 61.2 Å². The molecular formula is C27H30N6O4S. The number of hydrogen-bond donors (Lipinski definition) is 2. The first-order chi connectivity index (χ1) is 18.3. The molecule has 2 heterocycles. The van der Waals surface area contributed by atoms with E-state index in [0.717, 1.165) is 17.3 Å². The van der Waals surface area contributed by atoms with Crippen LogP contribution in [0.25, 0.3) is 10.9 Å². The molecule has 0 aliphatic heterocycles. The van der Waals surface area contributed by atoms with E-state index in [9.17, 15) is 19.2 Å². The van der Waals surface area contributed by atoms with Crippen molar-refractivity contribution < 1.29 is 4.79 Å². The molecule has 10 nitrogen and oxygen atoms in total. The molecule has 38 heavy (non-hydrogen) atoms. The molecule has 0 aliphatic carbocycles. The summed E-state index contributed by atoms with van der Waals surface area (Å²) >= 11 is 1.13. The fraction of sp³-hybridized carbons (Fsp3) is 0.296. The average Bonchev–Trinajstić information content (AvgIpc) is 2.92. The molecule has 2 aromatic heterocycles.